The Bertz CT molecular complexity index is 379. The van der Waals surface area contributed by atoms with Crippen molar-refractivity contribution in [1.82, 2.24) is 14.5 Å². The first-order valence-corrected chi connectivity index (χ1v) is 4.83. The number of aromatic nitrogens is 3. The maximum Gasteiger partial charge on any atom is 0.0947 e. The minimum Gasteiger partial charge on any atom is -0.340 e. The molecule has 2 N–H and O–H groups in total. The standard InChI is InChI=1S/C8H10N4S/c1-12-2-6(10-4-12)8(9)7-3-13-5-11-7/h2-5,8H,9H2,1H3. The molecule has 68 valence electrons. The highest BCUT2D eigenvalue weighted by molar-refractivity contribution is 7.07. The molecule has 2 heterocycles. The normalized spacial score (nSPS) is 13.1. The zero-order valence-electron chi connectivity index (χ0n) is 7.21. The highest BCUT2D eigenvalue weighted by Crippen LogP contribution is 2.16. The van der Waals surface area contributed by atoms with Crippen LogP contribution in [0.5, 0.6) is 0 Å². The third-order valence-electron chi connectivity index (χ3n) is 1.81. The van der Waals surface area contributed by atoms with Crippen molar-refractivity contribution in [3.8, 4) is 0 Å². The molecule has 5 heteroatoms. The van der Waals surface area contributed by atoms with Crippen molar-refractivity contribution in [3.63, 3.8) is 0 Å². The van der Waals surface area contributed by atoms with Gasteiger partial charge in [-0.05, 0) is 0 Å². The minimum atomic E-state index is -0.201. The SMILES string of the molecule is Cn1cnc(C(N)c2cscn2)c1. The molecule has 1 unspecified atom stereocenters. The number of hydrogen-bond donors (Lipinski definition) is 1. The number of hydrogen-bond acceptors (Lipinski definition) is 4. The summed E-state index contributed by atoms with van der Waals surface area (Å²) in [5.74, 6) is 0. The van der Waals surface area contributed by atoms with Crippen LogP contribution in [0.25, 0.3) is 0 Å². The Labute approximate surface area is 80.1 Å². The van der Waals surface area contributed by atoms with Gasteiger partial charge in [0.1, 0.15) is 0 Å². The summed E-state index contributed by atoms with van der Waals surface area (Å²) in [5.41, 5.74) is 9.45. The monoisotopic (exact) mass is 194 g/mol. The van der Waals surface area contributed by atoms with Crippen LogP contribution in [0.4, 0.5) is 0 Å². The van der Waals surface area contributed by atoms with Gasteiger partial charge in [-0.2, -0.15) is 0 Å². The molecule has 2 aromatic rings. The smallest absolute Gasteiger partial charge is 0.0947 e. The Morgan fingerprint density at radius 2 is 2.31 bits per heavy atom. The van der Waals surface area contributed by atoms with Crippen molar-refractivity contribution in [1.29, 1.82) is 0 Å². The summed E-state index contributed by atoms with van der Waals surface area (Å²) in [4.78, 5) is 8.32. The van der Waals surface area contributed by atoms with Crippen LogP contribution in [-0.2, 0) is 7.05 Å². The van der Waals surface area contributed by atoms with E-state index in [0.29, 0.717) is 0 Å². The molecule has 0 aromatic carbocycles. The zero-order valence-corrected chi connectivity index (χ0v) is 8.03. The molecule has 0 saturated carbocycles. The fraction of sp³-hybridized carbons (Fsp3) is 0.250. The molecule has 0 saturated heterocycles. The van der Waals surface area contributed by atoms with Gasteiger partial charge < -0.3 is 10.3 Å². The van der Waals surface area contributed by atoms with Crippen LogP contribution in [0.1, 0.15) is 17.4 Å². The number of nitrogens with zero attached hydrogens (tertiary/aromatic N) is 3. The van der Waals surface area contributed by atoms with Crippen LogP contribution in [0, 0.1) is 0 Å². The average molecular weight is 194 g/mol. The van der Waals surface area contributed by atoms with E-state index in [1.54, 1.807) is 23.2 Å². The Morgan fingerprint density at radius 3 is 2.85 bits per heavy atom. The summed E-state index contributed by atoms with van der Waals surface area (Å²) in [6.07, 6.45) is 3.64. The molecule has 0 amide bonds. The Balaban J connectivity index is 2.28. The summed E-state index contributed by atoms with van der Waals surface area (Å²) in [6.45, 7) is 0. The van der Waals surface area contributed by atoms with Crippen LogP contribution in [0.15, 0.2) is 23.4 Å². The fourth-order valence-corrected chi connectivity index (χ4v) is 1.71. The second kappa shape index (κ2) is 3.27. The number of thiazole rings is 1. The minimum absolute atomic E-state index is 0.201. The molecule has 13 heavy (non-hydrogen) atoms. The van der Waals surface area contributed by atoms with Gasteiger partial charge in [0.25, 0.3) is 0 Å². The van der Waals surface area contributed by atoms with Crippen LogP contribution in [0.2, 0.25) is 0 Å². The second-order valence-corrected chi connectivity index (χ2v) is 3.57. The Hall–Kier alpha value is -1.20. The summed E-state index contributed by atoms with van der Waals surface area (Å²) in [6, 6.07) is -0.201. The first-order chi connectivity index (χ1) is 6.27. The molecule has 0 radical (unpaired) electrons. The summed E-state index contributed by atoms with van der Waals surface area (Å²) < 4.78 is 1.88. The van der Waals surface area contributed by atoms with Crippen LogP contribution in [0.3, 0.4) is 0 Å². The third kappa shape index (κ3) is 1.61. The molecule has 4 nitrogen and oxygen atoms in total. The molecular formula is C8H10N4S. The number of nitrogens with two attached hydrogens (primary N) is 1. The first-order valence-electron chi connectivity index (χ1n) is 3.89. The van der Waals surface area contributed by atoms with E-state index in [2.05, 4.69) is 9.97 Å². The van der Waals surface area contributed by atoms with Crippen molar-refractivity contribution in [2.24, 2.45) is 12.8 Å². The fourth-order valence-electron chi connectivity index (χ4n) is 1.12. The summed E-state index contributed by atoms with van der Waals surface area (Å²) in [5, 5.41) is 1.94. The van der Waals surface area contributed by atoms with E-state index < -0.39 is 0 Å². The molecule has 2 rings (SSSR count). The van der Waals surface area contributed by atoms with Gasteiger partial charge >= 0.3 is 0 Å². The summed E-state index contributed by atoms with van der Waals surface area (Å²) >= 11 is 1.54. The lowest BCUT2D eigenvalue weighted by Gasteiger charge is -2.03. The maximum absolute atomic E-state index is 5.94. The van der Waals surface area contributed by atoms with E-state index in [0.717, 1.165) is 11.4 Å². The van der Waals surface area contributed by atoms with E-state index in [9.17, 15) is 0 Å². The van der Waals surface area contributed by atoms with Gasteiger partial charge in [0.2, 0.25) is 0 Å². The van der Waals surface area contributed by atoms with Crippen molar-refractivity contribution in [2.75, 3.05) is 0 Å². The van der Waals surface area contributed by atoms with Crippen LogP contribution >= 0.6 is 11.3 Å². The second-order valence-electron chi connectivity index (χ2n) is 2.85. The lowest BCUT2D eigenvalue weighted by Crippen LogP contribution is -2.12. The van der Waals surface area contributed by atoms with Crippen molar-refractivity contribution < 1.29 is 0 Å². The number of aryl methyl sites for hydroxylation is 1. The average Bonchev–Trinajstić information content (AvgIpc) is 2.72. The van der Waals surface area contributed by atoms with Gasteiger partial charge in [0.15, 0.2) is 0 Å². The van der Waals surface area contributed by atoms with E-state index >= 15 is 0 Å². The number of rotatable bonds is 2. The molecule has 0 spiro atoms. The lowest BCUT2D eigenvalue weighted by molar-refractivity contribution is 0.807. The topological polar surface area (TPSA) is 56.7 Å². The van der Waals surface area contributed by atoms with Crippen molar-refractivity contribution in [2.45, 2.75) is 6.04 Å². The van der Waals surface area contributed by atoms with Gasteiger partial charge in [-0.15, -0.1) is 11.3 Å². The molecule has 0 aliphatic rings. The van der Waals surface area contributed by atoms with Crippen molar-refractivity contribution >= 4 is 11.3 Å². The number of imidazole rings is 1. The first kappa shape index (κ1) is 8.40. The molecular weight excluding hydrogens is 184 g/mol. The van der Waals surface area contributed by atoms with E-state index in [4.69, 9.17) is 5.73 Å². The third-order valence-corrected chi connectivity index (χ3v) is 2.42. The predicted octanol–water partition coefficient (Wildman–Crippen LogP) is 0.925. The molecule has 1 atom stereocenters. The highest BCUT2D eigenvalue weighted by atomic mass is 32.1. The van der Waals surface area contributed by atoms with Gasteiger partial charge in [-0.1, -0.05) is 0 Å². The van der Waals surface area contributed by atoms with Crippen LogP contribution in [-0.4, -0.2) is 14.5 Å². The molecule has 0 bridgehead atoms. The highest BCUT2D eigenvalue weighted by Gasteiger charge is 2.12. The lowest BCUT2D eigenvalue weighted by atomic mass is 10.2. The Morgan fingerprint density at radius 1 is 1.46 bits per heavy atom. The quantitative estimate of drug-likeness (QED) is 0.773. The van der Waals surface area contributed by atoms with Gasteiger partial charge in [-0.3, -0.25) is 0 Å². The summed E-state index contributed by atoms with van der Waals surface area (Å²) in [7, 11) is 1.92. The van der Waals surface area contributed by atoms with Gasteiger partial charge in [0, 0.05) is 18.6 Å². The van der Waals surface area contributed by atoms with Gasteiger partial charge in [0.05, 0.1) is 29.3 Å². The van der Waals surface area contributed by atoms with Crippen LogP contribution < -0.4 is 5.73 Å². The Kier molecular flexibility index (Phi) is 2.12. The largest absolute Gasteiger partial charge is 0.340 e. The molecule has 2 aromatic heterocycles. The van der Waals surface area contributed by atoms with E-state index in [1.165, 1.54) is 0 Å². The molecule has 0 aliphatic heterocycles. The van der Waals surface area contributed by atoms with E-state index in [1.807, 2.05) is 23.2 Å². The molecule has 0 fully saturated rings. The van der Waals surface area contributed by atoms with Gasteiger partial charge in [-0.25, -0.2) is 9.97 Å². The maximum atomic E-state index is 5.94. The van der Waals surface area contributed by atoms with Crippen molar-refractivity contribution in [3.05, 3.63) is 34.8 Å². The van der Waals surface area contributed by atoms with E-state index in [-0.39, 0.29) is 6.04 Å². The molecule has 0 aliphatic carbocycles. The zero-order chi connectivity index (χ0) is 9.26. The predicted molar refractivity (Wildman–Crippen MR) is 51.4 cm³/mol.